The molecule has 0 spiro atoms. The van der Waals surface area contributed by atoms with Crippen LogP contribution in [0.25, 0.3) is 5.69 Å². The van der Waals surface area contributed by atoms with Crippen molar-refractivity contribution in [3.8, 4) is 5.69 Å². The van der Waals surface area contributed by atoms with Crippen LogP contribution in [0.5, 0.6) is 0 Å². The van der Waals surface area contributed by atoms with Crippen molar-refractivity contribution in [1.29, 1.82) is 0 Å². The van der Waals surface area contributed by atoms with E-state index in [1.165, 1.54) is 20.0 Å². The number of hydrogen-bond acceptors (Lipinski definition) is 6. The van der Waals surface area contributed by atoms with Gasteiger partial charge in [-0.05, 0) is 24.3 Å². The SMILES string of the molecule is CC1(C)OC(=O)C(=CNc2cc(Cl)ccc2-n2cccn2)C(=O)O1. The average molecular weight is 348 g/mol. The summed E-state index contributed by atoms with van der Waals surface area (Å²) in [6.07, 6.45) is 4.63. The number of ether oxygens (including phenoxy) is 2. The summed E-state index contributed by atoms with van der Waals surface area (Å²) in [5, 5.41) is 7.53. The predicted molar refractivity (Wildman–Crippen MR) is 86.5 cm³/mol. The van der Waals surface area contributed by atoms with E-state index in [1.54, 1.807) is 41.3 Å². The molecule has 1 aromatic heterocycles. The molecule has 1 N–H and O–H groups in total. The first kappa shape index (κ1) is 16.1. The van der Waals surface area contributed by atoms with Crippen molar-refractivity contribution in [3.63, 3.8) is 0 Å². The monoisotopic (exact) mass is 347 g/mol. The zero-order chi connectivity index (χ0) is 17.3. The number of cyclic esters (lactones) is 2. The molecular weight excluding hydrogens is 334 g/mol. The number of rotatable bonds is 3. The van der Waals surface area contributed by atoms with Crippen molar-refractivity contribution in [1.82, 2.24) is 9.78 Å². The highest BCUT2D eigenvalue weighted by molar-refractivity contribution is 6.31. The normalized spacial score (nSPS) is 16.4. The van der Waals surface area contributed by atoms with E-state index < -0.39 is 17.7 Å². The van der Waals surface area contributed by atoms with Crippen LogP contribution >= 0.6 is 11.6 Å². The van der Waals surface area contributed by atoms with Crippen molar-refractivity contribution >= 4 is 29.2 Å². The molecule has 1 saturated heterocycles. The molecule has 0 unspecified atom stereocenters. The highest BCUT2D eigenvalue weighted by Crippen LogP contribution is 2.26. The van der Waals surface area contributed by atoms with Crippen LogP contribution in [0.1, 0.15) is 13.8 Å². The number of nitrogens with one attached hydrogen (secondary N) is 1. The van der Waals surface area contributed by atoms with Crippen molar-refractivity contribution in [3.05, 3.63) is 53.5 Å². The number of hydrogen-bond donors (Lipinski definition) is 1. The maximum atomic E-state index is 11.9. The highest BCUT2D eigenvalue weighted by atomic mass is 35.5. The first-order valence-corrected chi connectivity index (χ1v) is 7.46. The van der Waals surface area contributed by atoms with Gasteiger partial charge in [-0.25, -0.2) is 14.3 Å². The first-order chi connectivity index (χ1) is 11.4. The van der Waals surface area contributed by atoms with Gasteiger partial charge in [0.25, 0.3) is 5.79 Å². The number of carbonyl (C=O) groups is 2. The van der Waals surface area contributed by atoms with Crippen molar-refractivity contribution in [2.45, 2.75) is 19.6 Å². The molecule has 2 aromatic rings. The van der Waals surface area contributed by atoms with Gasteiger partial charge >= 0.3 is 11.9 Å². The second-order valence-electron chi connectivity index (χ2n) is 5.49. The molecule has 0 saturated carbocycles. The summed E-state index contributed by atoms with van der Waals surface area (Å²) in [5.41, 5.74) is 1.02. The standard InChI is InChI=1S/C16H14ClN3O4/c1-16(2)23-14(21)11(15(22)24-16)9-18-12-8-10(17)4-5-13(12)20-7-3-6-19-20/h3-9,18H,1-2H3. The third-order valence-electron chi connectivity index (χ3n) is 3.20. The van der Waals surface area contributed by atoms with E-state index in [9.17, 15) is 9.59 Å². The molecule has 0 amide bonds. The van der Waals surface area contributed by atoms with Gasteiger partial charge in [-0.1, -0.05) is 11.6 Å². The lowest BCUT2D eigenvalue weighted by atomic mass is 10.2. The zero-order valence-electron chi connectivity index (χ0n) is 12.9. The van der Waals surface area contributed by atoms with Gasteiger partial charge in [-0.15, -0.1) is 0 Å². The summed E-state index contributed by atoms with van der Waals surface area (Å²) in [4.78, 5) is 23.9. The van der Waals surface area contributed by atoms with E-state index in [2.05, 4.69) is 10.4 Å². The molecule has 7 nitrogen and oxygen atoms in total. The molecule has 1 aliphatic heterocycles. The number of anilines is 1. The smallest absolute Gasteiger partial charge is 0.350 e. The van der Waals surface area contributed by atoms with Gasteiger partial charge < -0.3 is 14.8 Å². The molecule has 0 atom stereocenters. The van der Waals surface area contributed by atoms with Crippen LogP contribution in [-0.2, 0) is 19.1 Å². The minimum atomic E-state index is -1.28. The predicted octanol–water partition coefficient (Wildman–Crippen LogP) is 2.66. The van der Waals surface area contributed by atoms with Gasteiger partial charge in [-0.3, -0.25) is 0 Å². The maximum absolute atomic E-state index is 11.9. The van der Waals surface area contributed by atoms with Gasteiger partial charge in [0.1, 0.15) is 0 Å². The molecule has 1 fully saturated rings. The van der Waals surface area contributed by atoms with E-state index in [4.69, 9.17) is 21.1 Å². The fourth-order valence-electron chi connectivity index (χ4n) is 2.16. The fourth-order valence-corrected chi connectivity index (χ4v) is 2.34. The van der Waals surface area contributed by atoms with E-state index in [0.29, 0.717) is 16.4 Å². The molecule has 124 valence electrons. The molecular formula is C16H14ClN3O4. The van der Waals surface area contributed by atoms with E-state index >= 15 is 0 Å². The van der Waals surface area contributed by atoms with Crippen molar-refractivity contribution < 1.29 is 19.1 Å². The third kappa shape index (κ3) is 3.26. The summed E-state index contributed by atoms with van der Waals surface area (Å²) >= 11 is 6.02. The molecule has 1 aliphatic rings. The number of esters is 2. The molecule has 24 heavy (non-hydrogen) atoms. The number of benzene rings is 1. The molecule has 8 heteroatoms. The Morgan fingerprint density at radius 1 is 1.25 bits per heavy atom. The number of nitrogens with zero attached hydrogens (tertiary/aromatic N) is 2. The number of aromatic nitrogens is 2. The largest absolute Gasteiger partial charge is 0.419 e. The van der Waals surface area contributed by atoms with Gasteiger partial charge in [0.2, 0.25) is 0 Å². The van der Waals surface area contributed by atoms with E-state index in [0.717, 1.165) is 0 Å². The minimum Gasteiger partial charge on any atom is -0.419 e. The quantitative estimate of drug-likeness (QED) is 0.522. The summed E-state index contributed by atoms with van der Waals surface area (Å²) in [6, 6.07) is 6.90. The maximum Gasteiger partial charge on any atom is 0.350 e. The Bertz CT molecular complexity index is 806. The molecule has 0 bridgehead atoms. The van der Waals surface area contributed by atoms with Crippen LogP contribution in [0.15, 0.2) is 48.4 Å². The summed E-state index contributed by atoms with van der Waals surface area (Å²) < 4.78 is 11.7. The Hall–Kier alpha value is -2.80. The van der Waals surface area contributed by atoms with Crippen LogP contribution in [0.4, 0.5) is 5.69 Å². The Kier molecular flexibility index (Phi) is 4.02. The van der Waals surface area contributed by atoms with Crippen LogP contribution in [0.3, 0.4) is 0 Å². The van der Waals surface area contributed by atoms with Crippen LogP contribution in [0, 0.1) is 0 Å². The van der Waals surface area contributed by atoms with Crippen LogP contribution in [0.2, 0.25) is 5.02 Å². The molecule has 0 aliphatic carbocycles. The fraction of sp³-hybridized carbons (Fsp3) is 0.188. The van der Waals surface area contributed by atoms with E-state index in [1.807, 2.05) is 0 Å². The third-order valence-corrected chi connectivity index (χ3v) is 3.43. The Morgan fingerprint density at radius 2 is 1.96 bits per heavy atom. The average Bonchev–Trinajstić information content (AvgIpc) is 2.99. The highest BCUT2D eigenvalue weighted by Gasteiger charge is 2.38. The lowest BCUT2D eigenvalue weighted by molar-refractivity contribution is -0.222. The van der Waals surface area contributed by atoms with Crippen LogP contribution in [-0.4, -0.2) is 27.5 Å². The van der Waals surface area contributed by atoms with Gasteiger partial charge in [0.15, 0.2) is 5.57 Å². The number of carbonyl (C=O) groups excluding carboxylic acids is 2. The lowest BCUT2D eigenvalue weighted by Gasteiger charge is -2.29. The Morgan fingerprint density at radius 3 is 2.58 bits per heavy atom. The molecule has 1 aromatic carbocycles. The Balaban J connectivity index is 1.91. The summed E-state index contributed by atoms with van der Waals surface area (Å²) in [7, 11) is 0. The molecule has 0 radical (unpaired) electrons. The minimum absolute atomic E-state index is 0.235. The topological polar surface area (TPSA) is 82.5 Å². The second-order valence-corrected chi connectivity index (χ2v) is 5.93. The molecule has 2 heterocycles. The van der Waals surface area contributed by atoms with Crippen molar-refractivity contribution in [2.75, 3.05) is 5.32 Å². The van der Waals surface area contributed by atoms with Gasteiger partial charge in [-0.2, -0.15) is 5.10 Å². The first-order valence-electron chi connectivity index (χ1n) is 7.09. The molecule has 3 rings (SSSR count). The zero-order valence-corrected chi connectivity index (χ0v) is 13.7. The summed E-state index contributed by atoms with van der Waals surface area (Å²) in [6.45, 7) is 2.97. The van der Waals surface area contributed by atoms with Crippen molar-refractivity contribution in [2.24, 2.45) is 0 Å². The number of halogens is 1. The second kappa shape index (κ2) is 6.01. The van der Waals surface area contributed by atoms with E-state index in [-0.39, 0.29) is 5.57 Å². The Labute approximate surface area is 142 Å². The van der Waals surface area contributed by atoms with Gasteiger partial charge in [0.05, 0.1) is 11.4 Å². The van der Waals surface area contributed by atoms with Crippen LogP contribution < -0.4 is 5.32 Å². The lowest BCUT2D eigenvalue weighted by Crippen LogP contribution is -2.42. The summed E-state index contributed by atoms with van der Waals surface area (Å²) in [5.74, 6) is -2.79. The van der Waals surface area contributed by atoms with Gasteiger partial charge in [0, 0.05) is 37.5 Å².